The van der Waals surface area contributed by atoms with Gasteiger partial charge in [-0.3, -0.25) is 9.35 Å². The van der Waals surface area contributed by atoms with Crippen LogP contribution in [-0.2, 0) is 14.9 Å². The second-order valence-corrected chi connectivity index (χ2v) is 6.80. The van der Waals surface area contributed by atoms with Gasteiger partial charge < -0.3 is 10.6 Å². The Morgan fingerprint density at radius 2 is 1.86 bits per heavy atom. The lowest BCUT2D eigenvalue weighted by Crippen LogP contribution is -2.53. The summed E-state index contributed by atoms with van der Waals surface area (Å²) in [7, 11) is -4.40. The number of benzene rings is 1. The monoisotopic (exact) mass is 325 g/mol. The molecular formula is C13H15N3O5S. The van der Waals surface area contributed by atoms with Crippen molar-refractivity contribution in [2.24, 2.45) is 0 Å². The first-order valence-corrected chi connectivity index (χ1v) is 8.22. The van der Waals surface area contributed by atoms with E-state index in [0.29, 0.717) is 25.9 Å². The van der Waals surface area contributed by atoms with Crippen molar-refractivity contribution in [2.75, 3.05) is 18.0 Å². The molecule has 8 nitrogen and oxygen atoms in total. The molecule has 0 saturated carbocycles. The molecular weight excluding hydrogens is 310 g/mol. The standard InChI is InChI=1S/C13H15N3O5S/c17-11-13(4-6-14-7-5-13)15-12(18)16(11)9-2-1-3-10(8-9)22(19,20)21/h1-3,8,14H,4-7H2,(H,15,18)(H,19,20,21). The van der Waals surface area contributed by atoms with Gasteiger partial charge >= 0.3 is 6.03 Å². The summed E-state index contributed by atoms with van der Waals surface area (Å²) in [4.78, 5) is 25.4. The van der Waals surface area contributed by atoms with Crippen LogP contribution >= 0.6 is 0 Å². The fourth-order valence-corrected chi connectivity index (χ4v) is 3.35. The molecule has 3 rings (SSSR count). The van der Waals surface area contributed by atoms with Crippen molar-refractivity contribution in [3.63, 3.8) is 0 Å². The average molecular weight is 325 g/mol. The van der Waals surface area contributed by atoms with E-state index in [-0.39, 0.29) is 10.6 Å². The number of piperidine rings is 1. The summed E-state index contributed by atoms with van der Waals surface area (Å²) in [6, 6.07) is 4.53. The minimum Gasteiger partial charge on any atom is -0.323 e. The number of hydrogen-bond donors (Lipinski definition) is 3. The minimum absolute atomic E-state index is 0.119. The summed E-state index contributed by atoms with van der Waals surface area (Å²) in [5.74, 6) is -0.397. The van der Waals surface area contributed by atoms with Gasteiger partial charge in [0, 0.05) is 0 Å². The van der Waals surface area contributed by atoms with Gasteiger partial charge in [0.25, 0.3) is 16.0 Å². The summed E-state index contributed by atoms with van der Waals surface area (Å²) >= 11 is 0. The van der Waals surface area contributed by atoms with E-state index in [1.165, 1.54) is 18.2 Å². The third-order valence-corrected chi connectivity index (χ3v) is 4.84. The first-order chi connectivity index (χ1) is 10.3. The van der Waals surface area contributed by atoms with Crippen LogP contribution in [0.3, 0.4) is 0 Å². The van der Waals surface area contributed by atoms with Gasteiger partial charge in [0.2, 0.25) is 0 Å². The maximum absolute atomic E-state index is 12.7. The van der Waals surface area contributed by atoms with E-state index < -0.39 is 27.6 Å². The van der Waals surface area contributed by atoms with Crippen LogP contribution in [0.2, 0.25) is 0 Å². The minimum atomic E-state index is -4.40. The molecule has 3 amide bonds. The molecule has 1 spiro atoms. The third-order valence-electron chi connectivity index (χ3n) is 3.99. The molecule has 1 aromatic rings. The van der Waals surface area contributed by atoms with Crippen LogP contribution < -0.4 is 15.5 Å². The Hall–Kier alpha value is -1.97. The van der Waals surface area contributed by atoms with Crippen LogP contribution in [0.4, 0.5) is 10.5 Å². The Balaban J connectivity index is 1.98. The number of imide groups is 1. The first-order valence-electron chi connectivity index (χ1n) is 6.78. The number of hydrogen-bond acceptors (Lipinski definition) is 5. The molecule has 2 aliphatic rings. The molecule has 3 N–H and O–H groups in total. The van der Waals surface area contributed by atoms with Crippen LogP contribution in [-0.4, -0.2) is 43.5 Å². The smallest absolute Gasteiger partial charge is 0.323 e. The molecule has 0 atom stereocenters. The molecule has 0 unspecified atom stereocenters. The highest BCUT2D eigenvalue weighted by Crippen LogP contribution is 2.31. The number of anilines is 1. The predicted molar refractivity (Wildman–Crippen MR) is 77.1 cm³/mol. The number of urea groups is 1. The SMILES string of the molecule is O=C1NC2(CCNCC2)C(=O)N1c1cccc(S(=O)(=O)O)c1. The van der Waals surface area contributed by atoms with Gasteiger partial charge in [-0.1, -0.05) is 6.07 Å². The Morgan fingerprint density at radius 3 is 2.50 bits per heavy atom. The van der Waals surface area contributed by atoms with Crippen LogP contribution in [0.5, 0.6) is 0 Å². The molecule has 0 aromatic heterocycles. The molecule has 0 aliphatic carbocycles. The van der Waals surface area contributed by atoms with E-state index in [9.17, 15) is 18.0 Å². The largest absolute Gasteiger partial charge is 0.329 e. The summed E-state index contributed by atoms with van der Waals surface area (Å²) in [5, 5.41) is 5.83. The highest BCUT2D eigenvalue weighted by Gasteiger charge is 2.52. The lowest BCUT2D eigenvalue weighted by atomic mass is 9.88. The Labute approximate surface area is 127 Å². The molecule has 118 valence electrons. The van der Waals surface area contributed by atoms with Crippen LogP contribution in [0.25, 0.3) is 0 Å². The predicted octanol–water partition coefficient (Wildman–Crippen LogP) is 0.112. The van der Waals surface area contributed by atoms with Gasteiger partial charge in [0.15, 0.2) is 0 Å². The first kappa shape index (κ1) is 14.9. The summed E-state index contributed by atoms with van der Waals surface area (Å²) in [6.07, 6.45) is 0.956. The van der Waals surface area contributed by atoms with Gasteiger partial charge in [-0.05, 0) is 44.1 Å². The number of nitrogens with one attached hydrogen (secondary N) is 2. The Morgan fingerprint density at radius 1 is 1.18 bits per heavy atom. The van der Waals surface area contributed by atoms with E-state index in [1.54, 1.807) is 0 Å². The van der Waals surface area contributed by atoms with Gasteiger partial charge in [0.05, 0.1) is 10.6 Å². The zero-order valence-corrected chi connectivity index (χ0v) is 12.4. The van der Waals surface area contributed by atoms with Crippen molar-refractivity contribution in [3.8, 4) is 0 Å². The third kappa shape index (κ3) is 2.36. The quantitative estimate of drug-likeness (QED) is 0.525. The molecule has 9 heteroatoms. The molecule has 2 saturated heterocycles. The maximum atomic E-state index is 12.7. The van der Waals surface area contributed by atoms with Gasteiger partial charge in [0.1, 0.15) is 5.54 Å². The second kappa shape index (κ2) is 5.04. The maximum Gasteiger partial charge on any atom is 0.329 e. The van der Waals surface area contributed by atoms with Crippen molar-refractivity contribution in [1.82, 2.24) is 10.6 Å². The topological polar surface area (TPSA) is 116 Å². The summed E-state index contributed by atoms with van der Waals surface area (Å²) in [5.41, 5.74) is -0.816. The Bertz CT molecular complexity index is 740. The van der Waals surface area contributed by atoms with Crippen LogP contribution in [0.1, 0.15) is 12.8 Å². The highest BCUT2D eigenvalue weighted by atomic mass is 32.2. The van der Waals surface area contributed by atoms with Crippen molar-refractivity contribution >= 4 is 27.7 Å². The second-order valence-electron chi connectivity index (χ2n) is 5.38. The van der Waals surface area contributed by atoms with Crippen LogP contribution in [0.15, 0.2) is 29.2 Å². The van der Waals surface area contributed by atoms with Crippen molar-refractivity contribution < 1.29 is 22.6 Å². The van der Waals surface area contributed by atoms with Gasteiger partial charge in [-0.25, -0.2) is 9.69 Å². The van der Waals surface area contributed by atoms with E-state index in [1.807, 2.05) is 0 Å². The van der Waals surface area contributed by atoms with Crippen LogP contribution in [0, 0.1) is 0 Å². The summed E-state index contributed by atoms with van der Waals surface area (Å²) in [6.45, 7) is 1.23. The fourth-order valence-electron chi connectivity index (χ4n) is 2.83. The van der Waals surface area contributed by atoms with E-state index in [4.69, 9.17) is 4.55 Å². The van der Waals surface area contributed by atoms with E-state index in [0.717, 1.165) is 11.0 Å². The molecule has 22 heavy (non-hydrogen) atoms. The fraction of sp³-hybridized carbons (Fsp3) is 0.385. The molecule has 2 heterocycles. The van der Waals surface area contributed by atoms with Crippen molar-refractivity contribution in [2.45, 2.75) is 23.3 Å². The summed E-state index contributed by atoms with van der Waals surface area (Å²) < 4.78 is 31.5. The lowest BCUT2D eigenvalue weighted by Gasteiger charge is -2.31. The zero-order valence-electron chi connectivity index (χ0n) is 11.6. The van der Waals surface area contributed by atoms with E-state index >= 15 is 0 Å². The normalized spacial score (nSPS) is 21.2. The average Bonchev–Trinajstić information content (AvgIpc) is 2.70. The molecule has 1 aromatic carbocycles. The number of nitrogens with zero attached hydrogens (tertiary/aromatic N) is 1. The number of rotatable bonds is 2. The lowest BCUT2D eigenvalue weighted by molar-refractivity contribution is -0.122. The molecule has 2 fully saturated rings. The zero-order chi connectivity index (χ0) is 16.0. The van der Waals surface area contributed by atoms with Gasteiger partial charge in [-0.2, -0.15) is 8.42 Å². The van der Waals surface area contributed by atoms with Gasteiger partial charge in [-0.15, -0.1) is 0 Å². The Kier molecular flexibility index (Phi) is 3.42. The molecule has 2 aliphatic heterocycles. The van der Waals surface area contributed by atoms with Crippen molar-refractivity contribution in [1.29, 1.82) is 0 Å². The molecule has 0 radical (unpaired) electrons. The number of carbonyl (C=O) groups excluding carboxylic acids is 2. The number of carbonyl (C=O) groups is 2. The van der Waals surface area contributed by atoms with E-state index in [2.05, 4.69) is 10.6 Å². The highest BCUT2D eigenvalue weighted by molar-refractivity contribution is 7.85. The number of amides is 3. The van der Waals surface area contributed by atoms with Crippen molar-refractivity contribution in [3.05, 3.63) is 24.3 Å². The molecule has 0 bridgehead atoms.